The molecule has 7 heteroatoms. The maximum atomic E-state index is 12.5. The summed E-state index contributed by atoms with van der Waals surface area (Å²) >= 11 is 6.18. The Bertz CT molecular complexity index is 834. The van der Waals surface area contributed by atoms with Gasteiger partial charge in [0.15, 0.2) is 6.61 Å². The number of carbonyl (C=O) groups excluding carboxylic acids is 2. The van der Waals surface area contributed by atoms with Crippen LogP contribution in [0.25, 0.3) is 10.9 Å². The van der Waals surface area contributed by atoms with E-state index in [1.54, 1.807) is 31.3 Å². The smallest absolute Gasteiger partial charge is 0.331 e. The lowest BCUT2D eigenvalue weighted by Gasteiger charge is -2.35. The van der Waals surface area contributed by atoms with Crippen molar-refractivity contribution in [1.82, 2.24) is 10.3 Å². The molecule has 1 saturated carbocycles. The minimum Gasteiger partial charge on any atom is -0.481 e. The van der Waals surface area contributed by atoms with Crippen molar-refractivity contribution in [2.75, 3.05) is 13.2 Å². The molecule has 2 aromatic rings. The number of hydrogen-bond donors (Lipinski definition) is 1. The van der Waals surface area contributed by atoms with Crippen molar-refractivity contribution in [1.29, 1.82) is 0 Å². The molecule has 144 valence electrons. The van der Waals surface area contributed by atoms with Crippen LogP contribution >= 0.6 is 11.6 Å². The maximum Gasteiger partial charge on any atom is 0.331 e. The molecule has 3 rings (SSSR count). The predicted molar refractivity (Wildman–Crippen MR) is 103 cm³/mol. The molecule has 1 aromatic carbocycles. The zero-order chi connectivity index (χ0) is 19.3. The Morgan fingerprint density at radius 2 is 2.00 bits per heavy atom. The number of benzene rings is 1. The number of halogens is 1. The van der Waals surface area contributed by atoms with E-state index in [9.17, 15) is 9.59 Å². The highest BCUT2D eigenvalue weighted by molar-refractivity contribution is 6.35. The number of amides is 1. The number of fused-ring (bicyclic) bond motifs is 1. The minimum atomic E-state index is -0.949. The molecule has 1 aromatic heterocycles. The summed E-state index contributed by atoms with van der Waals surface area (Å²) < 4.78 is 10.9. The van der Waals surface area contributed by atoms with Gasteiger partial charge in [-0.25, -0.2) is 4.79 Å². The van der Waals surface area contributed by atoms with E-state index >= 15 is 0 Å². The second kappa shape index (κ2) is 8.57. The van der Waals surface area contributed by atoms with Crippen molar-refractivity contribution in [3.05, 3.63) is 35.5 Å². The van der Waals surface area contributed by atoms with Crippen LogP contribution in [0, 0.1) is 0 Å². The number of esters is 1. The van der Waals surface area contributed by atoms with Crippen LogP contribution in [0.15, 0.2) is 30.5 Å². The SMILES string of the molecule is CCOC(=O)C1(NC(=O)COc2ccc(Cl)c3cccnc23)CCCCC1. The maximum absolute atomic E-state index is 12.5. The van der Waals surface area contributed by atoms with Crippen LogP contribution in [0.3, 0.4) is 0 Å². The fourth-order valence-electron chi connectivity index (χ4n) is 3.48. The molecule has 1 N–H and O–H groups in total. The number of ether oxygens (including phenoxy) is 2. The lowest BCUT2D eigenvalue weighted by Crippen LogP contribution is -2.57. The monoisotopic (exact) mass is 390 g/mol. The van der Waals surface area contributed by atoms with Crippen LogP contribution < -0.4 is 10.1 Å². The second-order valence-corrected chi connectivity index (χ2v) is 7.05. The molecule has 0 spiro atoms. The lowest BCUT2D eigenvalue weighted by molar-refractivity contribution is -0.155. The summed E-state index contributed by atoms with van der Waals surface area (Å²) in [4.78, 5) is 29.2. The summed E-state index contributed by atoms with van der Waals surface area (Å²) in [6.07, 6.45) is 5.63. The number of nitrogens with one attached hydrogen (secondary N) is 1. The van der Waals surface area contributed by atoms with Crippen LogP contribution in [-0.4, -0.2) is 35.6 Å². The number of hydrogen-bond acceptors (Lipinski definition) is 5. The third-order valence-electron chi connectivity index (χ3n) is 4.79. The molecule has 0 radical (unpaired) electrons. The van der Waals surface area contributed by atoms with Crippen molar-refractivity contribution in [2.45, 2.75) is 44.6 Å². The largest absolute Gasteiger partial charge is 0.481 e. The van der Waals surface area contributed by atoms with E-state index < -0.39 is 5.54 Å². The van der Waals surface area contributed by atoms with E-state index in [4.69, 9.17) is 21.1 Å². The Morgan fingerprint density at radius 1 is 1.22 bits per heavy atom. The number of aromatic nitrogens is 1. The van der Waals surface area contributed by atoms with E-state index in [1.807, 2.05) is 6.07 Å². The molecule has 0 atom stereocenters. The first-order valence-corrected chi connectivity index (χ1v) is 9.58. The Kier molecular flexibility index (Phi) is 6.16. The summed E-state index contributed by atoms with van der Waals surface area (Å²) in [7, 11) is 0. The fraction of sp³-hybridized carbons (Fsp3) is 0.450. The summed E-state index contributed by atoms with van der Waals surface area (Å²) in [5.74, 6) is -0.250. The van der Waals surface area contributed by atoms with Gasteiger partial charge in [0.2, 0.25) is 0 Å². The Morgan fingerprint density at radius 3 is 2.74 bits per heavy atom. The predicted octanol–water partition coefficient (Wildman–Crippen LogP) is 3.65. The molecule has 1 amide bonds. The van der Waals surface area contributed by atoms with Crippen LogP contribution in [0.4, 0.5) is 0 Å². The van der Waals surface area contributed by atoms with E-state index in [1.165, 1.54) is 0 Å². The topological polar surface area (TPSA) is 77.5 Å². The normalized spacial score (nSPS) is 15.9. The van der Waals surface area contributed by atoms with Gasteiger partial charge in [0, 0.05) is 11.6 Å². The third-order valence-corrected chi connectivity index (χ3v) is 5.12. The van der Waals surface area contributed by atoms with Gasteiger partial charge in [-0.2, -0.15) is 0 Å². The first-order valence-electron chi connectivity index (χ1n) is 9.20. The zero-order valence-corrected chi connectivity index (χ0v) is 16.1. The summed E-state index contributed by atoms with van der Waals surface area (Å²) in [5, 5.41) is 4.19. The minimum absolute atomic E-state index is 0.214. The van der Waals surface area contributed by atoms with E-state index in [0.29, 0.717) is 29.1 Å². The van der Waals surface area contributed by atoms with E-state index in [2.05, 4.69) is 10.3 Å². The molecule has 0 unspecified atom stereocenters. The van der Waals surface area contributed by atoms with Crippen LogP contribution in [-0.2, 0) is 14.3 Å². The average molecular weight is 391 g/mol. The van der Waals surface area contributed by atoms with Gasteiger partial charge in [0.1, 0.15) is 16.8 Å². The standard InChI is InChI=1S/C20H23ClN2O4/c1-2-26-19(25)20(10-4-3-5-11-20)23-17(24)13-27-16-9-8-15(21)14-7-6-12-22-18(14)16/h6-9,12H,2-5,10-11,13H2,1H3,(H,23,24). The van der Waals surface area contributed by atoms with Crippen LogP contribution in [0.2, 0.25) is 5.02 Å². The third kappa shape index (κ3) is 4.33. The number of carbonyl (C=O) groups is 2. The highest BCUT2D eigenvalue weighted by atomic mass is 35.5. The summed E-state index contributed by atoms with van der Waals surface area (Å²) in [6, 6.07) is 7.03. The molecule has 27 heavy (non-hydrogen) atoms. The molecule has 1 fully saturated rings. The molecule has 1 aliphatic rings. The van der Waals surface area contributed by atoms with E-state index in [-0.39, 0.29) is 25.1 Å². The van der Waals surface area contributed by atoms with Crippen molar-refractivity contribution in [3.63, 3.8) is 0 Å². The fourth-order valence-corrected chi connectivity index (χ4v) is 3.69. The highest BCUT2D eigenvalue weighted by Crippen LogP contribution is 2.31. The van der Waals surface area contributed by atoms with Crippen molar-refractivity contribution >= 4 is 34.4 Å². The van der Waals surface area contributed by atoms with Crippen LogP contribution in [0.1, 0.15) is 39.0 Å². The van der Waals surface area contributed by atoms with Gasteiger partial charge in [0.25, 0.3) is 5.91 Å². The first kappa shape index (κ1) is 19.4. The van der Waals surface area contributed by atoms with E-state index in [0.717, 1.165) is 24.6 Å². The molecule has 0 bridgehead atoms. The Balaban J connectivity index is 1.70. The van der Waals surface area contributed by atoms with Crippen LogP contribution in [0.5, 0.6) is 5.75 Å². The molecule has 0 saturated heterocycles. The van der Waals surface area contributed by atoms with Gasteiger partial charge in [0.05, 0.1) is 11.6 Å². The van der Waals surface area contributed by atoms with Gasteiger partial charge in [-0.3, -0.25) is 9.78 Å². The molecule has 6 nitrogen and oxygen atoms in total. The quantitative estimate of drug-likeness (QED) is 0.762. The number of pyridine rings is 1. The number of rotatable bonds is 6. The molecule has 1 aliphatic carbocycles. The van der Waals surface area contributed by atoms with Crippen molar-refractivity contribution in [2.24, 2.45) is 0 Å². The summed E-state index contributed by atoms with van der Waals surface area (Å²) in [6.45, 7) is 1.84. The Hall–Kier alpha value is -2.34. The molecular formula is C20H23ClN2O4. The average Bonchev–Trinajstić information content (AvgIpc) is 2.68. The zero-order valence-electron chi connectivity index (χ0n) is 15.3. The van der Waals surface area contributed by atoms with Gasteiger partial charge in [-0.05, 0) is 44.0 Å². The Labute approximate surface area is 163 Å². The first-order chi connectivity index (χ1) is 13.1. The van der Waals surface area contributed by atoms with Gasteiger partial charge < -0.3 is 14.8 Å². The van der Waals surface area contributed by atoms with Crippen molar-refractivity contribution < 1.29 is 19.1 Å². The van der Waals surface area contributed by atoms with Gasteiger partial charge in [-0.15, -0.1) is 0 Å². The van der Waals surface area contributed by atoms with Gasteiger partial charge in [-0.1, -0.05) is 30.9 Å². The van der Waals surface area contributed by atoms with Crippen molar-refractivity contribution in [3.8, 4) is 5.75 Å². The molecule has 0 aliphatic heterocycles. The lowest BCUT2D eigenvalue weighted by atomic mass is 9.81. The molecular weight excluding hydrogens is 368 g/mol. The second-order valence-electron chi connectivity index (χ2n) is 6.65. The highest BCUT2D eigenvalue weighted by Gasteiger charge is 2.42. The number of nitrogens with zero attached hydrogens (tertiary/aromatic N) is 1. The molecule has 1 heterocycles. The van der Waals surface area contributed by atoms with Gasteiger partial charge >= 0.3 is 5.97 Å². The summed E-state index contributed by atoms with van der Waals surface area (Å²) in [5.41, 5.74) is -0.356.